The minimum atomic E-state index is -0.0128. The second-order valence-electron chi connectivity index (χ2n) is 6.06. The minimum Gasteiger partial charge on any atom is -0.382 e. The summed E-state index contributed by atoms with van der Waals surface area (Å²) in [5.74, 6) is 1.73. The van der Waals surface area contributed by atoms with E-state index in [1.54, 1.807) is 6.92 Å². The summed E-state index contributed by atoms with van der Waals surface area (Å²) in [6.45, 7) is 3.57. The SMILES string of the molecule is CC(=O)Nc1cc(NC(C2CC2)C2CC2)ccc1C. The number of hydrogen-bond donors (Lipinski definition) is 2. The maximum absolute atomic E-state index is 11.2. The van der Waals surface area contributed by atoms with Gasteiger partial charge in [-0.3, -0.25) is 4.79 Å². The fourth-order valence-corrected chi connectivity index (χ4v) is 2.76. The van der Waals surface area contributed by atoms with Gasteiger partial charge in [-0.25, -0.2) is 0 Å². The fraction of sp³-hybridized carbons (Fsp3) is 0.562. The molecule has 1 aromatic rings. The molecule has 1 amide bonds. The molecule has 19 heavy (non-hydrogen) atoms. The Balaban J connectivity index is 1.74. The Morgan fingerprint density at radius 2 is 1.84 bits per heavy atom. The fourth-order valence-electron chi connectivity index (χ4n) is 2.76. The van der Waals surface area contributed by atoms with Gasteiger partial charge in [-0.15, -0.1) is 0 Å². The number of aryl methyl sites for hydroxylation is 1. The van der Waals surface area contributed by atoms with Gasteiger partial charge in [0.1, 0.15) is 0 Å². The molecule has 0 spiro atoms. The standard InChI is InChI=1S/C16H22N2O/c1-10-3-8-14(9-15(10)17-11(2)19)18-16(12-4-5-12)13-6-7-13/h3,8-9,12-13,16,18H,4-7H2,1-2H3,(H,17,19). The van der Waals surface area contributed by atoms with Gasteiger partial charge in [-0.05, 0) is 62.1 Å². The van der Waals surface area contributed by atoms with E-state index in [-0.39, 0.29) is 5.91 Å². The third-order valence-electron chi connectivity index (χ3n) is 4.14. The quantitative estimate of drug-likeness (QED) is 0.848. The number of amides is 1. The molecule has 0 aliphatic heterocycles. The van der Waals surface area contributed by atoms with E-state index in [4.69, 9.17) is 0 Å². The lowest BCUT2D eigenvalue weighted by molar-refractivity contribution is -0.114. The number of hydrogen-bond acceptors (Lipinski definition) is 2. The van der Waals surface area contributed by atoms with Crippen LogP contribution in [0.1, 0.15) is 38.2 Å². The van der Waals surface area contributed by atoms with Gasteiger partial charge in [0.05, 0.1) is 0 Å². The van der Waals surface area contributed by atoms with E-state index in [2.05, 4.69) is 28.8 Å². The molecule has 0 saturated heterocycles. The van der Waals surface area contributed by atoms with E-state index in [9.17, 15) is 4.79 Å². The summed E-state index contributed by atoms with van der Waals surface area (Å²) < 4.78 is 0. The van der Waals surface area contributed by atoms with Gasteiger partial charge in [-0.1, -0.05) is 6.07 Å². The number of carbonyl (C=O) groups is 1. The van der Waals surface area contributed by atoms with Gasteiger partial charge < -0.3 is 10.6 Å². The first-order chi connectivity index (χ1) is 9.13. The number of anilines is 2. The number of carbonyl (C=O) groups excluding carboxylic acids is 1. The molecule has 1 aromatic carbocycles. The summed E-state index contributed by atoms with van der Waals surface area (Å²) in [6.07, 6.45) is 5.49. The van der Waals surface area contributed by atoms with E-state index in [0.717, 1.165) is 28.8 Å². The number of benzene rings is 1. The molecule has 2 saturated carbocycles. The van der Waals surface area contributed by atoms with Crippen LogP contribution < -0.4 is 10.6 Å². The largest absolute Gasteiger partial charge is 0.382 e. The van der Waals surface area contributed by atoms with E-state index >= 15 is 0 Å². The molecule has 0 atom stereocenters. The predicted molar refractivity (Wildman–Crippen MR) is 78.3 cm³/mol. The molecule has 0 bridgehead atoms. The van der Waals surface area contributed by atoms with Gasteiger partial charge in [0.25, 0.3) is 0 Å². The Morgan fingerprint density at radius 3 is 2.37 bits per heavy atom. The molecule has 3 rings (SSSR count). The van der Waals surface area contributed by atoms with Crippen LogP contribution in [-0.4, -0.2) is 11.9 Å². The summed E-state index contributed by atoms with van der Waals surface area (Å²) >= 11 is 0. The van der Waals surface area contributed by atoms with E-state index in [0.29, 0.717) is 6.04 Å². The average molecular weight is 258 g/mol. The lowest BCUT2D eigenvalue weighted by atomic mass is 10.1. The zero-order valence-electron chi connectivity index (χ0n) is 11.7. The maximum Gasteiger partial charge on any atom is 0.221 e. The predicted octanol–water partition coefficient (Wildman–Crippen LogP) is 3.55. The second-order valence-corrected chi connectivity index (χ2v) is 6.06. The van der Waals surface area contributed by atoms with Gasteiger partial charge in [0, 0.05) is 24.3 Å². The lowest BCUT2D eigenvalue weighted by Gasteiger charge is -2.20. The van der Waals surface area contributed by atoms with E-state index in [1.807, 2.05) is 6.92 Å². The molecule has 3 nitrogen and oxygen atoms in total. The van der Waals surface area contributed by atoms with Crippen molar-refractivity contribution in [3.63, 3.8) is 0 Å². The van der Waals surface area contributed by atoms with Crippen molar-refractivity contribution in [2.75, 3.05) is 10.6 Å². The Morgan fingerprint density at radius 1 is 1.21 bits per heavy atom. The van der Waals surface area contributed by atoms with Crippen molar-refractivity contribution < 1.29 is 4.79 Å². The van der Waals surface area contributed by atoms with Crippen LogP contribution in [0.2, 0.25) is 0 Å². The normalized spacial score (nSPS) is 18.5. The Hall–Kier alpha value is -1.51. The minimum absolute atomic E-state index is 0.0128. The third-order valence-corrected chi connectivity index (χ3v) is 4.14. The van der Waals surface area contributed by atoms with Crippen LogP contribution >= 0.6 is 0 Å². The molecule has 2 aliphatic rings. The molecule has 2 fully saturated rings. The van der Waals surface area contributed by atoms with Crippen LogP contribution in [-0.2, 0) is 4.79 Å². The van der Waals surface area contributed by atoms with E-state index < -0.39 is 0 Å². The van der Waals surface area contributed by atoms with Gasteiger partial charge in [0.15, 0.2) is 0 Å². The Kier molecular flexibility index (Phi) is 3.21. The molecule has 2 N–H and O–H groups in total. The second kappa shape index (κ2) is 4.87. The number of rotatable bonds is 5. The molecule has 3 heteroatoms. The van der Waals surface area contributed by atoms with Crippen molar-refractivity contribution in [2.24, 2.45) is 11.8 Å². The van der Waals surface area contributed by atoms with Crippen LogP contribution in [0.25, 0.3) is 0 Å². The first-order valence-electron chi connectivity index (χ1n) is 7.28. The van der Waals surface area contributed by atoms with Crippen molar-refractivity contribution in [2.45, 2.75) is 45.6 Å². The Labute approximate surface area is 114 Å². The van der Waals surface area contributed by atoms with Crippen molar-refractivity contribution >= 4 is 17.3 Å². The van der Waals surface area contributed by atoms with E-state index in [1.165, 1.54) is 25.7 Å². The summed E-state index contributed by atoms with van der Waals surface area (Å²) in [7, 11) is 0. The van der Waals surface area contributed by atoms with Crippen molar-refractivity contribution in [1.29, 1.82) is 0 Å². The van der Waals surface area contributed by atoms with Crippen LogP contribution in [0.3, 0.4) is 0 Å². The van der Waals surface area contributed by atoms with Gasteiger partial charge in [0.2, 0.25) is 5.91 Å². The highest BCUT2D eigenvalue weighted by Crippen LogP contribution is 2.46. The summed E-state index contributed by atoms with van der Waals surface area (Å²) in [5, 5.41) is 6.59. The van der Waals surface area contributed by atoms with Crippen molar-refractivity contribution in [3.05, 3.63) is 23.8 Å². The van der Waals surface area contributed by atoms with Crippen LogP contribution in [0.15, 0.2) is 18.2 Å². The monoisotopic (exact) mass is 258 g/mol. The topological polar surface area (TPSA) is 41.1 Å². The molecule has 0 unspecified atom stereocenters. The molecule has 0 heterocycles. The van der Waals surface area contributed by atoms with Crippen molar-refractivity contribution in [1.82, 2.24) is 0 Å². The van der Waals surface area contributed by atoms with Crippen LogP contribution in [0.4, 0.5) is 11.4 Å². The molecule has 2 aliphatic carbocycles. The molecule has 102 valence electrons. The molecular weight excluding hydrogens is 236 g/mol. The summed E-state index contributed by atoms with van der Waals surface area (Å²) in [4.78, 5) is 11.2. The molecule has 0 aromatic heterocycles. The van der Waals surface area contributed by atoms with Gasteiger partial charge >= 0.3 is 0 Å². The highest BCUT2D eigenvalue weighted by molar-refractivity contribution is 5.90. The smallest absolute Gasteiger partial charge is 0.221 e. The molecular formula is C16H22N2O. The summed E-state index contributed by atoms with van der Waals surface area (Å²) in [5.41, 5.74) is 3.16. The zero-order valence-corrected chi connectivity index (χ0v) is 11.7. The first-order valence-corrected chi connectivity index (χ1v) is 7.28. The van der Waals surface area contributed by atoms with Crippen LogP contribution in [0, 0.1) is 18.8 Å². The third kappa shape index (κ3) is 3.09. The van der Waals surface area contributed by atoms with Gasteiger partial charge in [-0.2, -0.15) is 0 Å². The zero-order chi connectivity index (χ0) is 13.4. The highest BCUT2D eigenvalue weighted by atomic mass is 16.1. The summed E-state index contributed by atoms with van der Waals surface area (Å²) in [6, 6.07) is 6.91. The van der Waals surface area contributed by atoms with Crippen molar-refractivity contribution in [3.8, 4) is 0 Å². The highest BCUT2D eigenvalue weighted by Gasteiger charge is 2.41. The molecule has 0 radical (unpaired) electrons. The van der Waals surface area contributed by atoms with Crippen LogP contribution in [0.5, 0.6) is 0 Å². The first kappa shape index (κ1) is 12.5. The Bertz CT molecular complexity index is 478. The maximum atomic E-state index is 11.2. The average Bonchev–Trinajstić information content (AvgIpc) is 3.23. The lowest BCUT2D eigenvalue weighted by Crippen LogP contribution is -2.24. The number of nitrogens with one attached hydrogen (secondary N) is 2.